The van der Waals surface area contributed by atoms with Gasteiger partial charge in [-0.15, -0.1) is 0 Å². The van der Waals surface area contributed by atoms with Crippen molar-refractivity contribution in [1.29, 1.82) is 0 Å². The lowest BCUT2D eigenvalue weighted by molar-refractivity contribution is -0.155. The lowest BCUT2D eigenvalue weighted by Crippen LogP contribution is -2.60. The molecule has 1 amide bonds. The fourth-order valence-electron chi connectivity index (χ4n) is 4.29. The van der Waals surface area contributed by atoms with Crippen LogP contribution in [0.5, 0.6) is 0 Å². The average Bonchev–Trinajstić information content (AvgIpc) is 2.74. The smallest absolute Gasteiger partial charge is 0.241 e. The Kier molecular flexibility index (Phi) is 7.51. The number of hydrogen-bond acceptors (Lipinski definition) is 4. The van der Waals surface area contributed by atoms with Gasteiger partial charge in [0.25, 0.3) is 0 Å². The third-order valence-electron chi connectivity index (χ3n) is 6.42. The fourth-order valence-corrected chi connectivity index (χ4v) is 5.88. The SMILES string of the molecule is CC(C)[C@@H](NS(=O)(=O)c1ccc(Cl)cc1)C(=O)N1CC[C@](O)(c2ccc(Cl)cc2)C(C)(C)C1. The maximum absolute atomic E-state index is 13.5. The molecular formula is C24H30Cl2N2O4S. The molecule has 9 heteroatoms. The number of benzene rings is 2. The molecule has 1 heterocycles. The number of amides is 1. The lowest BCUT2D eigenvalue weighted by Gasteiger charge is -2.51. The van der Waals surface area contributed by atoms with E-state index in [1.54, 1.807) is 43.0 Å². The number of sulfonamides is 1. The molecule has 180 valence electrons. The van der Waals surface area contributed by atoms with E-state index in [4.69, 9.17) is 23.2 Å². The number of nitrogens with one attached hydrogen (secondary N) is 1. The lowest BCUT2D eigenvalue weighted by atomic mass is 9.66. The molecule has 2 atom stereocenters. The van der Waals surface area contributed by atoms with Gasteiger partial charge in [-0.25, -0.2) is 8.42 Å². The first-order valence-electron chi connectivity index (χ1n) is 10.8. The van der Waals surface area contributed by atoms with Crippen molar-refractivity contribution < 1.29 is 18.3 Å². The molecule has 2 aromatic carbocycles. The number of carbonyl (C=O) groups is 1. The van der Waals surface area contributed by atoms with E-state index < -0.39 is 27.1 Å². The van der Waals surface area contributed by atoms with Crippen molar-refractivity contribution >= 4 is 39.1 Å². The van der Waals surface area contributed by atoms with Gasteiger partial charge in [0.05, 0.1) is 10.5 Å². The quantitative estimate of drug-likeness (QED) is 0.598. The molecule has 2 N–H and O–H groups in total. The first kappa shape index (κ1) is 26.0. The number of carbonyl (C=O) groups excluding carboxylic acids is 1. The molecule has 3 rings (SSSR count). The number of likely N-dealkylation sites (tertiary alicyclic amines) is 1. The number of aliphatic hydroxyl groups is 1. The van der Waals surface area contributed by atoms with Gasteiger partial charge < -0.3 is 10.0 Å². The summed E-state index contributed by atoms with van der Waals surface area (Å²) in [6.45, 7) is 7.98. The summed E-state index contributed by atoms with van der Waals surface area (Å²) in [7, 11) is -3.92. The number of hydrogen-bond donors (Lipinski definition) is 2. The molecule has 0 bridgehead atoms. The number of halogens is 2. The number of nitrogens with zero attached hydrogens (tertiary/aromatic N) is 1. The fraction of sp³-hybridized carbons (Fsp3) is 0.458. The zero-order valence-corrected chi connectivity index (χ0v) is 21.5. The van der Waals surface area contributed by atoms with E-state index in [1.165, 1.54) is 24.3 Å². The van der Waals surface area contributed by atoms with Gasteiger partial charge in [-0.1, -0.05) is 63.0 Å². The van der Waals surface area contributed by atoms with Crippen molar-refractivity contribution in [2.45, 2.75) is 50.7 Å². The van der Waals surface area contributed by atoms with Crippen LogP contribution in [0.25, 0.3) is 0 Å². The molecule has 33 heavy (non-hydrogen) atoms. The summed E-state index contributed by atoms with van der Waals surface area (Å²) in [6, 6.07) is 11.9. The van der Waals surface area contributed by atoms with Crippen molar-refractivity contribution in [3.05, 3.63) is 64.1 Å². The Bertz CT molecular complexity index is 1100. The van der Waals surface area contributed by atoms with Crippen LogP contribution in [0.4, 0.5) is 0 Å². The van der Waals surface area contributed by atoms with Crippen LogP contribution in [0.2, 0.25) is 10.0 Å². The summed E-state index contributed by atoms with van der Waals surface area (Å²) < 4.78 is 28.4. The molecule has 2 aromatic rings. The van der Waals surface area contributed by atoms with Crippen LogP contribution in [0.1, 0.15) is 39.7 Å². The minimum absolute atomic E-state index is 0.0430. The minimum atomic E-state index is -3.92. The van der Waals surface area contributed by atoms with Crippen LogP contribution < -0.4 is 4.72 Å². The second-order valence-corrected chi connectivity index (χ2v) is 12.1. The first-order valence-corrected chi connectivity index (χ1v) is 13.1. The molecule has 0 unspecified atom stereocenters. The Hall–Kier alpha value is -1.64. The first-order chi connectivity index (χ1) is 15.3. The second-order valence-electron chi connectivity index (χ2n) is 9.56. The highest BCUT2D eigenvalue weighted by Gasteiger charge is 2.50. The summed E-state index contributed by atoms with van der Waals surface area (Å²) in [6.07, 6.45) is 0.322. The monoisotopic (exact) mass is 512 g/mol. The Morgan fingerprint density at radius 3 is 2.03 bits per heavy atom. The predicted molar refractivity (Wildman–Crippen MR) is 131 cm³/mol. The molecule has 1 aliphatic heterocycles. The van der Waals surface area contributed by atoms with E-state index in [2.05, 4.69) is 4.72 Å². The van der Waals surface area contributed by atoms with Gasteiger partial charge in [-0.05, 0) is 54.3 Å². The third kappa shape index (κ3) is 5.38. The molecule has 0 aliphatic carbocycles. The molecule has 0 aromatic heterocycles. The predicted octanol–water partition coefficient (Wildman–Crippen LogP) is 4.44. The highest BCUT2D eigenvalue weighted by Crippen LogP contribution is 2.46. The van der Waals surface area contributed by atoms with Crippen LogP contribution in [0.3, 0.4) is 0 Å². The highest BCUT2D eigenvalue weighted by atomic mass is 35.5. The normalized spacial score (nSPS) is 21.8. The van der Waals surface area contributed by atoms with Gasteiger partial charge in [0.2, 0.25) is 15.9 Å². The molecular weight excluding hydrogens is 483 g/mol. The molecule has 1 fully saturated rings. The Labute approximate surface area is 205 Å². The Balaban J connectivity index is 1.81. The van der Waals surface area contributed by atoms with E-state index in [0.717, 1.165) is 5.56 Å². The van der Waals surface area contributed by atoms with Gasteiger partial charge in [-0.2, -0.15) is 4.72 Å². The largest absolute Gasteiger partial charge is 0.384 e. The van der Waals surface area contributed by atoms with Crippen LogP contribution in [0.15, 0.2) is 53.4 Å². The molecule has 1 saturated heterocycles. The van der Waals surface area contributed by atoms with Gasteiger partial charge in [-0.3, -0.25) is 4.79 Å². The van der Waals surface area contributed by atoms with Gasteiger partial charge in [0.15, 0.2) is 0 Å². The topological polar surface area (TPSA) is 86.7 Å². The molecule has 6 nitrogen and oxygen atoms in total. The maximum Gasteiger partial charge on any atom is 0.241 e. The molecule has 1 aliphatic rings. The Morgan fingerprint density at radius 2 is 1.55 bits per heavy atom. The van der Waals surface area contributed by atoms with Gasteiger partial charge >= 0.3 is 0 Å². The van der Waals surface area contributed by atoms with Crippen LogP contribution >= 0.6 is 23.2 Å². The Morgan fingerprint density at radius 1 is 1.03 bits per heavy atom. The van der Waals surface area contributed by atoms with Gasteiger partial charge in [0.1, 0.15) is 6.04 Å². The van der Waals surface area contributed by atoms with Crippen molar-refractivity contribution in [2.75, 3.05) is 13.1 Å². The van der Waals surface area contributed by atoms with Gasteiger partial charge in [0, 0.05) is 28.5 Å². The minimum Gasteiger partial charge on any atom is -0.384 e. The van der Waals surface area contributed by atoms with Crippen molar-refractivity contribution in [2.24, 2.45) is 11.3 Å². The van der Waals surface area contributed by atoms with Crippen molar-refractivity contribution in [3.63, 3.8) is 0 Å². The summed E-state index contributed by atoms with van der Waals surface area (Å²) in [5, 5.41) is 12.6. The van der Waals surface area contributed by atoms with E-state index >= 15 is 0 Å². The summed E-state index contributed by atoms with van der Waals surface area (Å²) >= 11 is 11.9. The van der Waals surface area contributed by atoms with E-state index in [0.29, 0.717) is 23.0 Å². The van der Waals surface area contributed by atoms with E-state index in [9.17, 15) is 18.3 Å². The third-order valence-corrected chi connectivity index (χ3v) is 8.38. The number of rotatable bonds is 6. The standard InChI is InChI=1S/C24H30Cl2N2O4S/c1-16(2)21(27-33(31,32)20-11-9-19(26)10-12-20)22(29)28-14-13-24(30,23(3,4)15-28)17-5-7-18(25)8-6-17/h5-12,16,21,27,30H,13-15H2,1-4H3/t21-,24+/m1/s1. The van der Waals surface area contributed by atoms with Crippen molar-refractivity contribution in [1.82, 2.24) is 9.62 Å². The summed E-state index contributed by atoms with van der Waals surface area (Å²) in [4.78, 5) is 15.1. The molecule has 0 spiro atoms. The average molecular weight is 513 g/mol. The van der Waals surface area contributed by atoms with Crippen molar-refractivity contribution in [3.8, 4) is 0 Å². The molecule has 0 saturated carbocycles. The van der Waals surface area contributed by atoms with Crippen LogP contribution in [-0.4, -0.2) is 43.5 Å². The molecule has 0 radical (unpaired) electrons. The zero-order valence-electron chi connectivity index (χ0n) is 19.2. The van der Waals surface area contributed by atoms with Crippen LogP contribution in [0, 0.1) is 11.3 Å². The van der Waals surface area contributed by atoms with E-state index in [-0.39, 0.29) is 23.3 Å². The van der Waals surface area contributed by atoms with Crippen LogP contribution in [-0.2, 0) is 20.4 Å². The number of piperidine rings is 1. The highest BCUT2D eigenvalue weighted by molar-refractivity contribution is 7.89. The maximum atomic E-state index is 13.5. The second kappa shape index (κ2) is 9.55. The summed E-state index contributed by atoms with van der Waals surface area (Å²) in [5.74, 6) is -0.589. The zero-order chi connectivity index (χ0) is 24.6. The summed E-state index contributed by atoms with van der Waals surface area (Å²) in [5.41, 5.74) is -1.08. The van der Waals surface area contributed by atoms with E-state index in [1.807, 2.05) is 13.8 Å².